The molecule has 1 aliphatic heterocycles. The van der Waals surface area contributed by atoms with E-state index in [1.165, 1.54) is 6.20 Å². The molecule has 0 aromatic carbocycles. The van der Waals surface area contributed by atoms with Crippen LogP contribution in [0.2, 0.25) is 0 Å². The van der Waals surface area contributed by atoms with Crippen molar-refractivity contribution in [3.8, 4) is 0 Å². The first-order valence-electron chi connectivity index (χ1n) is 1.91. The van der Waals surface area contributed by atoms with E-state index >= 15 is 0 Å². The van der Waals surface area contributed by atoms with Crippen molar-refractivity contribution in [1.82, 2.24) is 5.09 Å². The van der Waals surface area contributed by atoms with E-state index in [0.717, 1.165) is 6.08 Å². The zero-order chi connectivity index (χ0) is 6.20. The van der Waals surface area contributed by atoms with Gasteiger partial charge in [0, 0.05) is 12.3 Å². The van der Waals surface area contributed by atoms with E-state index in [4.69, 9.17) is 11.2 Å². The SMILES string of the molecule is O=C1C=CNP1(=O)Cl. The van der Waals surface area contributed by atoms with E-state index in [2.05, 4.69) is 5.09 Å². The summed E-state index contributed by atoms with van der Waals surface area (Å²) in [7, 11) is 0. The van der Waals surface area contributed by atoms with Crippen molar-refractivity contribution in [2.75, 3.05) is 0 Å². The standard InChI is InChI=1S/C3H3ClNO2P/c4-8(7)3(6)1-2-5-8/h1-2H,(H,5,7). The third kappa shape index (κ3) is 0.791. The Morgan fingerprint density at radius 2 is 2.38 bits per heavy atom. The van der Waals surface area contributed by atoms with Crippen LogP contribution in [0.25, 0.3) is 0 Å². The van der Waals surface area contributed by atoms with Crippen molar-refractivity contribution in [3.05, 3.63) is 12.3 Å². The summed E-state index contributed by atoms with van der Waals surface area (Å²) in [6.45, 7) is -3.16. The molecule has 8 heavy (non-hydrogen) atoms. The summed E-state index contributed by atoms with van der Waals surface area (Å²) >= 11 is 5.15. The second-order valence-electron chi connectivity index (χ2n) is 1.33. The Balaban J connectivity index is 2.96. The Kier molecular flexibility index (Phi) is 1.18. The summed E-state index contributed by atoms with van der Waals surface area (Å²) in [4.78, 5) is 10.4. The van der Waals surface area contributed by atoms with Gasteiger partial charge in [-0.05, 0) is 11.2 Å². The zero-order valence-corrected chi connectivity index (χ0v) is 5.45. The second kappa shape index (κ2) is 1.61. The predicted molar refractivity (Wildman–Crippen MR) is 30.7 cm³/mol. The number of hydrogen-bond acceptors (Lipinski definition) is 2. The molecule has 0 radical (unpaired) electrons. The number of hydrogen-bond donors (Lipinski definition) is 1. The van der Waals surface area contributed by atoms with Gasteiger partial charge in [0.25, 0.3) is 0 Å². The smallest absolute Gasteiger partial charge is 0.322 e. The fourth-order valence-corrected chi connectivity index (χ4v) is 1.36. The van der Waals surface area contributed by atoms with Crippen LogP contribution in [-0.2, 0) is 9.36 Å². The normalized spacial score (nSPS) is 35.4. The maximum absolute atomic E-state index is 10.6. The van der Waals surface area contributed by atoms with Crippen molar-refractivity contribution in [3.63, 3.8) is 0 Å². The summed E-state index contributed by atoms with van der Waals surface area (Å²) < 4.78 is 10.6. The lowest BCUT2D eigenvalue weighted by Gasteiger charge is -1.95. The van der Waals surface area contributed by atoms with Gasteiger partial charge in [-0.1, -0.05) is 0 Å². The van der Waals surface area contributed by atoms with E-state index < -0.39 is 12.2 Å². The minimum atomic E-state index is -3.16. The Labute approximate surface area is 50.9 Å². The van der Waals surface area contributed by atoms with Gasteiger partial charge in [-0.3, -0.25) is 9.36 Å². The molecular formula is C3H3ClNO2P. The maximum Gasteiger partial charge on any atom is 0.322 e. The first-order chi connectivity index (χ1) is 3.63. The first-order valence-corrected chi connectivity index (χ1v) is 4.53. The molecular weight excluding hydrogens is 148 g/mol. The number of nitrogens with one attached hydrogen (secondary N) is 1. The molecule has 0 saturated carbocycles. The Bertz CT molecular complexity index is 199. The van der Waals surface area contributed by atoms with E-state index in [1.54, 1.807) is 0 Å². The molecule has 1 aliphatic rings. The first kappa shape index (κ1) is 5.86. The minimum Gasteiger partial charge on any atom is -0.325 e. The number of carbonyl (C=O) groups is 1. The predicted octanol–water partition coefficient (Wildman–Crippen LogP) is 1.06. The molecule has 1 atom stereocenters. The van der Waals surface area contributed by atoms with Crippen LogP contribution < -0.4 is 5.09 Å². The van der Waals surface area contributed by atoms with Gasteiger partial charge < -0.3 is 5.09 Å². The number of halogens is 1. The van der Waals surface area contributed by atoms with Gasteiger partial charge in [-0.25, -0.2) is 0 Å². The van der Waals surface area contributed by atoms with Crippen LogP contribution in [0.15, 0.2) is 12.3 Å². The lowest BCUT2D eigenvalue weighted by Crippen LogP contribution is -1.93. The van der Waals surface area contributed by atoms with E-state index in [1.807, 2.05) is 0 Å². The Morgan fingerprint density at radius 1 is 1.75 bits per heavy atom. The molecule has 0 aromatic heterocycles. The summed E-state index contributed by atoms with van der Waals surface area (Å²) in [5.74, 6) is 0. The topological polar surface area (TPSA) is 46.2 Å². The van der Waals surface area contributed by atoms with Crippen LogP contribution >= 0.6 is 17.9 Å². The van der Waals surface area contributed by atoms with Crippen molar-refractivity contribution < 1.29 is 9.36 Å². The summed E-state index contributed by atoms with van der Waals surface area (Å²) in [5.41, 5.74) is -0.529. The molecule has 5 heteroatoms. The van der Waals surface area contributed by atoms with Crippen molar-refractivity contribution >= 4 is 23.4 Å². The summed E-state index contributed by atoms with van der Waals surface area (Å²) in [6, 6.07) is 0. The molecule has 1 rings (SSSR count). The van der Waals surface area contributed by atoms with Crippen molar-refractivity contribution in [2.45, 2.75) is 0 Å². The molecule has 1 N–H and O–H groups in total. The number of carbonyl (C=O) groups excluding carboxylic acids is 1. The average Bonchev–Trinajstić information content (AvgIpc) is 1.86. The van der Waals surface area contributed by atoms with Gasteiger partial charge in [-0.2, -0.15) is 0 Å². The van der Waals surface area contributed by atoms with Crippen molar-refractivity contribution in [1.29, 1.82) is 0 Å². The van der Waals surface area contributed by atoms with Gasteiger partial charge in [0.1, 0.15) is 0 Å². The highest BCUT2D eigenvalue weighted by atomic mass is 35.7. The average molecular weight is 151 g/mol. The van der Waals surface area contributed by atoms with Crippen molar-refractivity contribution in [2.24, 2.45) is 0 Å². The third-order valence-corrected chi connectivity index (χ3v) is 2.74. The van der Waals surface area contributed by atoms with Gasteiger partial charge in [-0.15, -0.1) is 0 Å². The summed E-state index contributed by atoms with van der Waals surface area (Å²) in [6.07, 6.45) is 2.45. The Morgan fingerprint density at radius 3 is 2.50 bits per heavy atom. The fraction of sp³-hybridized carbons (Fsp3) is 0. The highest BCUT2D eigenvalue weighted by molar-refractivity contribution is 8.01. The highest BCUT2D eigenvalue weighted by Gasteiger charge is 2.28. The van der Waals surface area contributed by atoms with Crippen LogP contribution in [0, 0.1) is 0 Å². The molecule has 0 fully saturated rings. The molecule has 0 saturated heterocycles. The molecule has 0 amide bonds. The molecule has 44 valence electrons. The minimum absolute atomic E-state index is 0.529. The van der Waals surface area contributed by atoms with Crippen LogP contribution in [0.4, 0.5) is 0 Å². The molecule has 0 aromatic rings. The molecule has 1 heterocycles. The summed E-state index contributed by atoms with van der Waals surface area (Å²) in [5, 5.41) is 2.24. The fourth-order valence-electron chi connectivity index (χ4n) is 0.364. The van der Waals surface area contributed by atoms with Gasteiger partial charge in [0.05, 0.1) is 0 Å². The van der Waals surface area contributed by atoms with E-state index in [-0.39, 0.29) is 0 Å². The number of allylic oxidation sites excluding steroid dienone is 1. The lowest BCUT2D eigenvalue weighted by atomic mass is 10.7. The van der Waals surface area contributed by atoms with Gasteiger partial charge in [0.2, 0.25) is 5.52 Å². The monoisotopic (exact) mass is 151 g/mol. The molecule has 0 spiro atoms. The molecule has 3 nitrogen and oxygen atoms in total. The lowest BCUT2D eigenvalue weighted by molar-refractivity contribution is -0.107. The van der Waals surface area contributed by atoms with Crippen LogP contribution in [0.3, 0.4) is 0 Å². The molecule has 0 bridgehead atoms. The maximum atomic E-state index is 10.6. The number of rotatable bonds is 0. The van der Waals surface area contributed by atoms with Gasteiger partial charge in [0.15, 0.2) is 0 Å². The van der Waals surface area contributed by atoms with Crippen LogP contribution in [0.1, 0.15) is 0 Å². The van der Waals surface area contributed by atoms with Gasteiger partial charge >= 0.3 is 6.65 Å². The molecule has 1 unspecified atom stereocenters. The van der Waals surface area contributed by atoms with Crippen LogP contribution in [-0.4, -0.2) is 5.52 Å². The highest BCUT2D eigenvalue weighted by Crippen LogP contribution is 2.50. The zero-order valence-electron chi connectivity index (χ0n) is 3.80. The largest absolute Gasteiger partial charge is 0.325 e. The second-order valence-corrected chi connectivity index (χ2v) is 4.53. The third-order valence-electron chi connectivity index (χ3n) is 0.750. The van der Waals surface area contributed by atoms with E-state index in [9.17, 15) is 9.36 Å². The molecule has 0 aliphatic carbocycles. The van der Waals surface area contributed by atoms with Crippen LogP contribution in [0.5, 0.6) is 0 Å². The quantitative estimate of drug-likeness (QED) is 0.527. The Hall–Kier alpha value is -0.270. The van der Waals surface area contributed by atoms with E-state index in [0.29, 0.717) is 0 Å².